The van der Waals surface area contributed by atoms with E-state index in [-0.39, 0.29) is 104 Å². The summed E-state index contributed by atoms with van der Waals surface area (Å²) >= 11 is 0. The Hall–Kier alpha value is -5.82. The number of nitrogens with zero attached hydrogens (tertiary/aromatic N) is 7. The number of azo groups is 2. The summed E-state index contributed by atoms with van der Waals surface area (Å²) in [5, 5.41) is 83.0. The summed E-state index contributed by atoms with van der Waals surface area (Å²) in [4.78, 5) is 19.9. The molecular formula is C42H24CrN7Na2O10S. The van der Waals surface area contributed by atoms with Crippen molar-refractivity contribution in [2.75, 3.05) is 0 Å². The molecule has 0 saturated heterocycles. The number of nitro groups is 2. The molecule has 0 aliphatic rings. The zero-order valence-electron chi connectivity index (χ0n) is 32.9. The van der Waals surface area contributed by atoms with Crippen molar-refractivity contribution in [3.63, 3.8) is 0 Å². The molecule has 0 atom stereocenters. The molecule has 17 nitrogen and oxygen atoms in total. The standard InChI is InChI=1S/C22H14N5O5.C20H14N2O5S.Cr.2Na/c28-22-19(12-16(26(29)30)13-20(22)27(31)32)24-25-21-17-9-5-4-6-14(17)10-11-18(21)23-15-7-2-1-3-8-15;23-16-10-9-12-5-1-2-6-13(12)19(16)21-22-20-15-8-4-3-7-14(15)18(11-17(20)24)28(25,26)27;;;/h1-13H,(H-,23,24,25,28);1-11,23-24H,(H,25,26,27);;;/q-1;;+3;2*+1/p-4. The normalized spacial score (nSPS) is 11.0. The topological polar surface area (TPSA) is 276 Å². The Bertz CT molecular complexity index is 3180. The summed E-state index contributed by atoms with van der Waals surface area (Å²) in [6.45, 7) is 0. The van der Waals surface area contributed by atoms with Crippen LogP contribution in [0, 0.1) is 20.2 Å². The Kier molecular flexibility index (Phi) is 17.0. The van der Waals surface area contributed by atoms with E-state index in [1.165, 1.54) is 18.2 Å². The van der Waals surface area contributed by atoms with Crippen molar-refractivity contribution in [1.82, 2.24) is 0 Å². The summed E-state index contributed by atoms with van der Waals surface area (Å²) in [6, 6.07) is 38.3. The Morgan fingerprint density at radius 1 is 0.524 bits per heavy atom. The van der Waals surface area contributed by atoms with Crippen LogP contribution in [-0.2, 0) is 27.5 Å². The molecule has 0 spiro atoms. The first-order chi connectivity index (χ1) is 28.8. The molecule has 0 bridgehead atoms. The molecule has 1 radical (unpaired) electrons. The fourth-order valence-electron chi connectivity index (χ4n) is 6.13. The van der Waals surface area contributed by atoms with Gasteiger partial charge in [-0.3, -0.25) is 20.2 Å². The smallest absolute Gasteiger partial charge is 0.871 e. The molecule has 63 heavy (non-hydrogen) atoms. The van der Waals surface area contributed by atoms with E-state index in [0.717, 1.165) is 22.9 Å². The van der Waals surface area contributed by atoms with Gasteiger partial charge in [-0.15, -0.1) is 11.4 Å². The predicted octanol–water partition coefficient (Wildman–Crippen LogP) is 3.95. The largest absolute Gasteiger partial charge is 3.00 e. The van der Waals surface area contributed by atoms with E-state index in [1.54, 1.807) is 60.7 Å². The molecule has 0 unspecified atom stereocenters. The molecule has 0 aromatic heterocycles. The minimum Gasteiger partial charge on any atom is -0.871 e. The van der Waals surface area contributed by atoms with Gasteiger partial charge in [0, 0.05) is 33.4 Å². The third-order valence-corrected chi connectivity index (χ3v) is 9.79. The summed E-state index contributed by atoms with van der Waals surface area (Å²) in [7, 11) is -4.84. The van der Waals surface area contributed by atoms with Crippen molar-refractivity contribution in [2.45, 2.75) is 4.90 Å². The van der Waals surface area contributed by atoms with Crippen LogP contribution in [0.25, 0.3) is 37.6 Å². The van der Waals surface area contributed by atoms with Crippen LogP contribution in [0.4, 0.5) is 45.5 Å². The van der Waals surface area contributed by atoms with Crippen LogP contribution in [0.15, 0.2) is 171 Å². The summed E-state index contributed by atoms with van der Waals surface area (Å²) in [5.74, 6) is -2.20. The van der Waals surface area contributed by atoms with Gasteiger partial charge in [-0.25, -0.2) is 8.42 Å². The van der Waals surface area contributed by atoms with E-state index < -0.39 is 53.4 Å². The zero-order chi connectivity index (χ0) is 42.6. The first-order valence-corrected chi connectivity index (χ1v) is 18.8. The molecule has 0 aliphatic carbocycles. The molecule has 0 heterocycles. The van der Waals surface area contributed by atoms with Gasteiger partial charge in [-0.05, 0) is 16.8 Å². The van der Waals surface area contributed by atoms with Crippen LogP contribution in [0.1, 0.15) is 0 Å². The number of hydrogen-bond acceptors (Lipinski definition) is 14. The second-order valence-electron chi connectivity index (χ2n) is 12.7. The number of benzene rings is 8. The van der Waals surface area contributed by atoms with E-state index in [1.807, 2.05) is 48.5 Å². The van der Waals surface area contributed by atoms with Crippen LogP contribution in [0.3, 0.4) is 0 Å². The van der Waals surface area contributed by atoms with Crippen LogP contribution in [-0.4, -0.2) is 22.8 Å². The number of rotatable bonds is 9. The fraction of sp³-hybridized carbons (Fsp3) is 0. The van der Waals surface area contributed by atoms with Crippen molar-refractivity contribution in [3.05, 3.63) is 171 Å². The molecule has 0 fully saturated rings. The summed E-state index contributed by atoms with van der Waals surface area (Å²) in [6.07, 6.45) is 0. The second kappa shape index (κ2) is 21.5. The maximum atomic E-state index is 12.4. The molecule has 0 saturated carbocycles. The van der Waals surface area contributed by atoms with Crippen LogP contribution < -0.4 is 74.4 Å². The SMILES string of the molecule is O=S(=O)([O-])c1cc([O-])c(N=Nc2c([O-])ccc3ccccc23)c2ccccc12.O=[N+]([O-])c1cc(N=Nc2c([N-]c3ccccc3)ccc3ccccc23)c([O-])c([N+](=O)[O-])c1.[Cr+3].[Na+].[Na+]. The van der Waals surface area contributed by atoms with Crippen molar-refractivity contribution in [2.24, 2.45) is 20.5 Å². The molecular weight excluding hydrogens is 893 g/mol. The first-order valence-electron chi connectivity index (χ1n) is 17.4. The van der Waals surface area contributed by atoms with Crippen LogP contribution in [0.5, 0.6) is 17.2 Å². The van der Waals surface area contributed by atoms with Gasteiger partial charge in [-0.1, -0.05) is 139 Å². The van der Waals surface area contributed by atoms with E-state index in [9.17, 15) is 48.5 Å². The predicted molar refractivity (Wildman–Crippen MR) is 215 cm³/mol. The number of non-ortho nitro benzene ring substituents is 1. The Labute approximate surface area is 412 Å². The Balaban J connectivity index is 0.000000266. The molecule has 0 aliphatic heterocycles. The van der Waals surface area contributed by atoms with Gasteiger partial charge in [-0.2, -0.15) is 20.5 Å². The minimum absolute atomic E-state index is 0. The second-order valence-corrected chi connectivity index (χ2v) is 14.0. The van der Waals surface area contributed by atoms with E-state index in [4.69, 9.17) is 0 Å². The number of fused-ring (bicyclic) bond motifs is 3. The third kappa shape index (κ3) is 11.2. The van der Waals surface area contributed by atoms with Gasteiger partial charge in [0.25, 0.3) is 11.4 Å². The average Bonchev–Trinajstić information content (AvgIpc) is 3.23. The van der Waals surface area contributed by atoms with Gasteiger partial charge in [0.15, 0.2) is 0 Å². The third-order valence-electron chi connectivity index (χ3n) is 8.91. The van der Waals surface area contributed by atoms with Gasteiger partial charge in [0.05, 0.1) is 43.6 Å². The zero-order valence-corrected chi connectivity index (χ0v) is 39.0. The number of hydrogen-bond donors (Lipinski definition) is 0. The van der Waals surface area contributed by atoms with Crippen molar-refractivity contribution >= 4 is 87.9 Å². The molecule has 8 aromatic carbocycles. The average molecular weight is 917 g/mol. The van der Waals surface area contributed by atoms with Crippen molar-refractivity contribution in [3.8, 4) is 17.2 Å². The molecule has 8 aromatic rings. The summed E-state index contributed by atoms with van der Waals surface area (Å²) in [5.41, 5.74) is -0.721. The van der Waals surface area contributed by atoms with Crippen LogP contribution >= 0.6 is 0 Å². The molecule has 8 rings (SSSR count). The van der Waals surface area contributed by atoms with Gasteiger partial charge in [0.2, 0.25) is 0 Å². The summed E-state index contributed by atoms with van der Waals surface area (Å²) < 4.78 is 34.5. The van der Waals surface area contributed by atoms with E-state index in [2.05, 4.69) is 25.8 Å². The van der Waals surface area contributed by atoms with Gasteiger partial charge >= 0.3 is 76.5 Å². The van der Waals surface area contributed by atoms with E-state index in [0.29, 0.717) is 33.9 Å². The van der Waals surface area contributed by atoms with Crippen LogP contribution in [0.2, 0.25) is 0 Å². The maximum absolute atomic E-state index is 12.4. The molecule has 301 valence electrons. The van der Waals surface area contributed by atoms with Crippen molar-refractivity contribution in [1.29, 1.82) is 0 Å². The molecule has 0 N–H and O–H groups in total. The minimum atomic E-state index is -4.84. The molecule has 0 amide bonds. The monoisotopic (exact) mass is 916 g/mol. The Morgan fingerprint density at radius 2 is 1.03 bits per heavy atom. The van der Waals surface area contributed by atoms with Gasteiger partial charge in [0.1, 0.15) is 10.1 Å². The number of para-hydroxylation sites is 1. The van der Waals surface area contributed by atoms with Crippen molar-refractivity contribution < 1.29 is 115 Å². The fourth-order valence-corrected chi connectivity index (χ4v) is 6.83. The van der Waals surface area contributed by atoms with E-state index >= 15 is 0 Å². The first kappa shape index (κ1) is 49.8. The Morgan fingerprint density at radius 3 is 1.62 bits per heavy atom. The van der Waals surface area contributed by atoms with Gasteiger partial charge < -0.3 is 25.2 Å². The number of nitro benzene ring substituents is 2. The maximum Gasteiger partial charge on any atom is 3.00 e. The molecule has 21 heteroatoms. The quantitative estimate of drug-likeness (QED) is 0.0661.